The fraction of sp³-hybridized carbons (Fsp3) is 0.143. The number of rotatable bonds is 5. The van der Waals surface area contributed by atoms with Crippen molar-refractivity contribution in [2.75, 3.05) is 12.4 Å². The van der Waals surface area contributed by atoms with E-state index in [0.717, 1.165) is 11.3 Å². The van der Waals surface area contributed by atoms with Crippen LogP contribution < -0.4 is 10.1 Å². The Hall–Kier alpha value is -2.81. The Morgan fingerprint density at radius 2 is 2.04 bits per heavy atom. The van der Waals surface area contributed by atoms with E-state index in [4.69, 9.17) is 16.3 Å². The second kappa shape index (κ2) is 8.26. The molecular formula is C21H18ClN3OS. The number of allylic oxidation sites excluding steroid dienone is 1. The molecule has 3 aromatic rings. The van der Waals surface area contributed by atoms with Crippen LogP contribution in [0.3, 0.4) is 0 Å². The predicted molar refractivity (Wildman–Crippen MR) is 112 cm³/mol. The summed E-state index contributed by atoms with van der Waals surface area (Å²) in [6, 6.07) is 13.7. The van der Waals surface area contributed by atoms with Crippen LogP contribution in [-0.4, -0.2) is 12.1 Å². The smallest absolute Gasteiger partial charge is 0.142 e. The molecule has 0 atom stereocenters. The van der Waals surface area contributed by atoms with Crippen LogP contribution in [-0.2, 0) is 0 Å². The normalized spacial score (nSPS) is 11.1. The molecule has 0 aliphatic heterocycles. The van der Waals surface area contributed by atoms with E-state index >= 15 is 0 Å². The van der Waals surface area contributed by atoms with Crippen molar-refractivity contribution in [2.45, 2.75) is 13.8 Å². The molecule has 0 unspecified atom stereocenters. The maximum absolute atomic E-state index is 9.55. The number of hydrogen-bond donors (Lipinski definition) is 1. The highest BCUT2D eigenvalue weighted by atomic mass is 35.5. The van der Waals surface area contributed by atoms with Crippen LogP contribution in [0.5, 0.6) is 5.75 Å². The number of hydrogen-bond acceptors (Lipinski definition) is 5. The summed E-state index contributed by atoms with van der Waals surface area (Å²) in [5, 5.41) is 15.8. The Morgan fingerprint density at radius 3 is 2.74 bits per heavy atom. The predicted octanol–water partition coefficient (Wildman–Crippen LogP) is 6.07. The third kappa shape index (κ3) is 4.30. The van der Waals surface area contributed by atoms with Crippen molar-refractivity contribution in [3.05, 3.63) is 69.1 Å². The molecule has 0 fully saturated rings. The summed E-state index contributed by atoms with van der Waals surface area (Å²) in [4.78, 5) is 4.63. The van der Waals surface area contributed by atoms with Crippen molar-refractivity contribution >= 4 is 34.2 Å². The van der Waals surface area contributed by atoms with Gasteiger partial charge in [0.05, 0.1) is 18.5 Å². The number of nitrogens with zero attached hydrogens (tertiary/aromatic N) is 2. The third-order valence-corrected chi connectivity index (χ3v) is 5.30. The lowest BCUT2D eigenvalue weighted by molar-refractivity contribution is 0.417. The lowest BCUT2D eigenvalue weighted by Gasteiger charge is -2.08. The molecule has 0 bridgehead atoms. The number of nitrogens with one attached hydrogen (secondary N) is 1. The summed E-state index contributed by atoms with van der Waals surface area (Å²) in [5.74, 6) is 0.642. The van der Waals surface area contributed by atoms with Crippen LogP contribution in [0, 0.1) is 25.2 Å². The minimum absolute atomic E-state index is 0.442. The van der Waals surface area contributed by atoms with Gasteiger partial charge in [0.1, 0.15) is 22.4 Å². The Bertz CT molecular complexity index is 1050. The van der Waals surface area contributed by atoms with Gasteiger partial charge < -0.3 is 10.1 Å². The molecular weight excluding hydrogens is 378 g/mol. The molecule has 0 saturated carbocycles. The summed E-state index contributed by atoms with van der Waals surface area (Å²) < 4.78 is 5.31. The molecule has 0 amide bonds. The van der Waals surface area contributed by atoms with Gasteiger partial charge in [-0.15, -0.1) is 11.3 Å². The fourth-order valence-electron chi connectivity index (χ4n) is 2.52. The van der Waals surface area contributed by atoms with Crippen molar-refractivity contribution < 1.29 is 4.74 Å². The highest BCUT2D eigenvalue weighted by molar-refractivity contribution is 7.11. The monoisotopic (exact) mass is 395 g/mol. The first-order chi connectivity index (χ1) is 13.0. The average Bonchev–Trinajstić information content (AvgIpc) is 3.14. The second-order valence-corrected chi connectivity index (χ2v) is 7.29. The number of nitriles is 1. The Kier molecular flexibility index (Phi) is 5.80. The minimum Gasteiger partial charge on any atom is -0.495 e. The first-order valence-electron chi connectivity index (χ1n) is 8.25. The van der Waals surface area contributed by atoms with E-state index in [9.17, 15) is 5.26 Å². The molecule has 136 valence electrons. The van der Waals surface area contributed by atoms with Gasteiger partial charge in [-0.3, -0.25) is 0 Å². The van der Waals surface area contributed by atoms with Crippen LogP contribution in [0.15, 0.2) is 48.0 Å². The van der Waals surface area contributed by atoms with Crippen molar-refractivity contribution in [1.29, 1.82) is 5.26 Å². The summed E-state index contributed by atoms with van der Waals surface area (Å²) in [6.45, 7) is 4.16. The molecule has 2 aromatic carbocycles. The zero-order valence-electron chi connectivity index (χ0n) is 15.2. The van der Waals surface area contributed by atoms with Crippen LogP contribution in [0.4, 0.5) is 5.69 Å². The average molecular weight is 396 g/mol. The van der Waals surface area contributed by atoms with Crippen molar-refractivity contribution in [1.82, 2.24) is 4.98 Å². The van der Waals surface area contributed by atoms with E-state index < -0.39 is 0 Å². The summed E-state index contributed by atoms with van der Waals surface area (Å²) in [5.41, 5.74) is 5.49. The quantitative estimate of drug-likeness (QED) is 0.533. The van der Waals surface area contributed by atoms with Gasteiger partial charge in [-0.2, -0.15) is 5.26 Å². The first-order valence-corrected chi connectivity index (χ1v) is 9.51. The largest absolute Gasteiger partial charge is 0.495 e. The van der Waals surface area contributed by atoms with Gasteiger partial charge in [-0.1, -0.05) is 23.7 Å². The molecule has 0 saturated heterocycles. The standard InChI is InChI=1S/C21H18ClN3OS/c1-13-4-5-15(8-14(13)2)19-12-27-21(25-19)16(10-23)11-24-18-9-17(22)6-7-20(18)26-3/h4-9,11-12,24H,1-3H3. The van der Waals surface area contributed by atoms with Crippen LogP contribution in [0.25, 0.3) is 16.8 Å². The van der Waals surface area contributed by atoms with Crippen LogP contribution in [0.2, 0.25) is 5.02 Å². The maximum Gasteiger partial charge on any atom is 0.142 e. The molecule has 3 rings (SSSR count). The van der Waals surface area contributed by atoms with Crippen molar-refractivity contribution in [3.8, 4) is 23.1 Å². The number of aromatic nitrogens is 1. The van der Waals surface area contributed by atoms with E-state index in [1.54, 1.807) is 31.5 Å². The molecule has 27 heavy (non-hydrogen) atoms. The lowest BCUT2D eigenvalue weighted by Crippen LogP contribution is -1.95. The van der Waals surface area contributed by atoms with Crippen LogP contribution in [0.1, 0.15) is 16.1 Å². The number of methoxy groups -OCH3 is 1. The maximum atomic E-state index is 9.55. The van der Waals surface area contributed by atoms with E-state index in [1.165, 1.54) is 22.5 Å². The molecule has 1 aromatic heterocycles. The summed E-state index contributed by atoms with van der Waals surface area (Å²) >= 11 is 7.48. The zero-order valence-corrected chi connectivity index (χ0v) is 16.8. The van der Waals surface area contributed by atoms with E-state index in [1.807, 2.05) is 11.4 Å². The second-order valence-electron chi connectivity index (χ2n) is 6.00. The van der Waals surface area contributed by atoms with Gasteiger partial charge in [0.15, 0.2) is 0 Å². The van der Waals surface area contributed by atoms with Crippen LogP contribution >= 0.6 is 22.9 Å². The molecule has 0 spiro atoms. The Labute approximate surface area is 167 Å². The Balaban J connectivity index is 1.87. The van der Waals surface area contributed by atoms with E-state index in [0.29, 0.717) is 27.0 Å². The van der Waals surface area contributed by atoms with E-state index in [-0.39, 0.29) is 0 Å². The lowest BCUT2D eigenvalue weighted by atomic mass is 10.1. The summed E-state index contributed by atoms with van der Waals surface area (Å²) in [7, 11) is 1.58. The van der Waals surface area contributed by atoms with Gasteiger partial charge in [0, 0.05) is 22.2 Å². The van der Waals surface area contributed by atoms with Gasteiger partial charge in [0.25, 0.3) is 0 Å². The Morgan fingerprint density at radius 1 is 1.22 bits per heavy atom. The third-order valence-electron chi connectivity index (χ3n) is 4.19. The number of aryl methyl sites for hydroxylation is 2. The van der Waals surface area contributed by atoms with Crippen molar-refractivity contribution in [3.63, 3.8) is 0 Å². The van der Waals surface area contributed by atoms with E-state index in [2.05, 4.69) is 42.4 Å². The number of halogens is 1. The SMILES string of the molecule is COc1ccc(Cl)cc1NC=C(C#N)c1nc(-c2ccc(C)c(C)c2)cs1. The molecule has 0 aliphatic carbocycles. The molecule has 6 heteroatoms. The highest BCUT2D eigenvalue weighted by Crippen LogP contribution is 2.30. The highest BCUT2D eigenvalue weighted by Gasteiger charge is 2.10. The van der Waals surface area contributed by atoms with Crippen molar-refractivity contribution in [2.24, 2.45) is 0 Å². The van der Waals surface area contributed by atoms with Gasteiger partial charge >= 0.3 is 0 Å². The number of thiazole rings is 1. The number of ether oxygens (including phenoxy) is 1. The number of anilines is 1. The summed E-state index contributed by atoms with van der Waals surface area (Å²) in [6.07, 6.45) is 1.62. The fourth-order valence-corrected chi connectivity index (χ4v) is 3.48. The minimum atomic E-state index is 0.442. The van der Waals surface area contributed by atoms with Gasteiger partial charge in [-0.05, 0) is 49.2 Å². The topological polar surface area (TPSA) is 57.9 Å². The molecule has 0 radical (unpaired) electrons. The number of benzene rings is 2. The molecule has 0 aliphatic rings. The molecule has 1 N–H and O–H groups in total. The molecule has 1 heterocycles. The molecule has 4 nitrogen and oxygen atoms in total. The first kappa shape index (κ1) is 19.0. The van der Waals surface area contributed by atoms with Gasteiger partial charge in [-0.25, -0.2) is 4.98 Å². The zero-order chi connectivity index (χ0) is 19.4. The van der Waals surface area contributed by atoms with Gasteiger partial charge in [0.2, 0.25) is 0 Å².